The summed E-state index contributed by atoms with van der Waals surface area (Å²) in [5.74, 6) is -1.12. The van der Waals surface area contributed by atoms with Crippen LogP contribution in [0.3, 0.4) is 0 Å². The highest BCUT2D eigenvalue weighted by Crippen LogP contribution is 2.71. The molecule has 10 aliphatic rings. The summed E-state index contributed by atoms with van der Waals surface area (Å²) < 4.78 is 24.9. The van der Waals surface area contributed by atoms with Crippen LogP contribution >= 0.6 is 0 Å². The second-order valence-electron chi connectivity index (χ2n) is 18.4. The van der Waals surface area contributed by atoms with Crippen molar-refractivity contribution in [3.8, 4) is 12.1 Å². The van der Waals surface area contributed by atoms with Crippen LogP contribution in [0.5, 0.6) is 0 Å². The first-order valence-electron chi connectivity index (χ1n) is 20.7. The van der Waals surface area contributed by atoms with Gasteiger partial charge in [0, 0.05) is 83.8 Å². The number of carbonyl (C=O) groups is 2. The van der Waals surface area contributed by atoms with E-state index in [2.05, 4.69) is 69.0 Å². The lowest BCUT2D eigenvalue weighted by Gasteiger charge is -2.62. The number of hydrogen-bond donors (Lipinski definition) is 2. The van der Waals surface area contributed by atoms with Gasteiger partial charge in [-0.25, -0.2) is 9.59 Å². The van der Waals surface area contributed by atoms with E-state index in [0.717, 1.165) is 48.5 Å². The minimum Gasteiger partial charge on any atom is -0.466 e. The second kappa shape index (κ2) is 11.5. The van der Waals surface area contributed by atoms with Crippen LogP contribution in [0.2, 0.25) is 0 Å². The summed E-state index contributed by atoms with van der Waals surface area (Å²) in [6.07, 6.45) is 3.98. The fourth-order valence-corrected chi connectivity index (χ4v) is 15.5. The summed E-state index contributed by atoms with van der Waals surface area (Å²) in [7, 11) is 2.92. The van der Waals surface area contributed by atoms with Crippen LogP contribution in [0.25, 0.3) is 0 Å². The molecular formula is C45H46N6O6. The van der Waals surface area contributed by atoms with Crippen molar-refractivity contribution in [3.05, 3.63) is 82.2 Å². The standard InChI is InChI=1S/C45H46N6O6/c1-54-38(52)26-20-42-13-17-56-36(42)24(32(22-46)50-15-11-44(40(42)50)28-7-3-5-9-30(28)48-34(26)44)19-25-33(23-47)51-16-12-45-29-8-4-6-10-31(29)49-35(45)27(39(53)55-2)21-43(41(45)51)14-18-57-37(25)43/h3-10,24-25,32-33,36-37,40-41,48-49H,11-21H2,1-2H3/t24-,25-,32+,33+,36-,37-,40-,41-,42+,43+,44-,45-/m0/s1. The van der Waals surface area contributed by atoms with Gasteiger partial charge in [0.1, 0.15) is 12.1 Å². The molecule has 12 nitrogen and oxygen atoms in total. The number of carbonyl (C=O) groups excluding carboxylic acids is 2. The molecule has 0 bridgehead atoms. The number of nitrogens with zero attached hydrogens (tertiary/aromatic N) is 4. The van der Waals surface area contributed by atoms with Crippen molar-refractivity contribution in [2.24, 2.45) is 22.7 Å². The van der Waals surface area contributed by atoms with Crippen molar-refractivity contribution in [1.82, 2.24) is 9.80 Å². The van der Waals surface area contributed by atoms with Crippen LogP contribution in [-0.2, 0) is 39.4 Å². The van der Waals surface area contributed by atoms with Gasteiger partial charge in [-0.1, -0.05) is 36.4 Å². The highest BCUT2D eigenvalue weighted by molar-refractivity contribution is 5.94. The molecule has 2 aliphatic carbocycles. The summed E-state index contributed by atoms with van der Waals surface area (Å²) in [5, 5.41) is 30.0. The van der Waals surface area contributed by atoms with Crippen molar-refractivity contribution < 1.29 is 28.5 Å². The van der Waals surface area contributed by atoms with Crippen molar-refractivity contribution in [1.29, 1.82) is 10.5 Å². The van der Waals surface area contributed by atoms with Crippen LogP contribution in [0.1, 0.15) is 56.1 Å². The van der Waals surface area contributed by atoms with E-state index in [1.54, 1.807) is 0 Å². The Morgan fingerprint density at radius 2 is 1.16 bits per heavy atom. The number of ether oxygens (including phenoxy) is 4. The monoisotopic (exact) mass is 766 g/mol. The van der Waals surface area contributed by atoms with Gasteiger partial charge >= 0.3 is 11.9 Å². The van der Waals surface area contributed by atoms with E-state index in [1.807, 2.05) is 12.1 Å². The zero-order valence-corrected chi connectivity index (χ0v) is 32.3. The van der Waals surface area contributed by atoms with E-state index in [9.17, 15) is 20.1 Å². The number of anilines is 2. The Morgan fingerprint density at radius 3 is 1.58 bits per heavy atom. The summed E-state index contributed by atoms with van der Waals surface area (Å²) in [6.45, 7) is 2.48. The van der Waals surface area contributed by atoms with Gasteiger partial charge in [-0.3, -0.25) is 9.80 Å². The normalized spacial score (nSPS) is 42.5. The molecule has 0 unspecified atom stereocenters. The van der Waals surface area contributed by atoms with Crippen LogP contribution in [0.15, 0.2) is 71.1 Å². The summed E-state index contributed by atoms with van der Waals surface area (Å²) in [6, 6.07) is 21.3. The molecule has 12 atom stereocenters. The third-order valence-corrected chi connectivity index (χ3v) is 16.9. The lowest BCUT2D eigenvalue weighted by atomic mass is 9.49. The molecule has 2 aromatic carbocycles. The van der Waals surface area contributed by atoms with Gasteiger partial charge in [-0.05, 0) is 68.2 Å². The van der Waals surface area contributed by atoms with Gasteiger partial charge in [-0.2, -0.15) is 10.5 Å². The van der Waals surface area contributed by atoms with Crippen LogP contribution < -0.4 is 10.6 Å². The zero-order valence-electron chi connectivity index (χ0n) is 32.3. The molecule has 6 saturated heterocycles. The fraction of sp³-hybridized carbons (Fsp3) is 0.556. The van der Waals surface area contributed by atoms with E-state index < -0.39 is 33.7 Å². The number of para-hydroxylation sites is 2. The number of piperidine rings is 2. The summed E-state index contributed by atoms with van der Waals surface area (Å²) in [4.78, 5) is 32.6. The maximum atomic E-state index is 13.8. The molecule has 0 saturated carbocycles. The molecule has 8 heterocycles. The quantitative estimate of drug-likeness (QED) is 0.422. The molecule has 12 rings (SSSR count). The molecule has 8 aliphatic heterocycles. The number of nitriles is 2. The van der Waals surface area contributed by atoms with E-state index in [0.29, 0.717) is 56.7 Å². The molecular weight excluding hydrogens is 721 g/mol. The number of esters is 2. The van der Waals surface area contributed by atoms with Crippen LogP contribution in [-0.4, -0.2) is 98.6 Å². The molecule has 2 aromatic rings. The third kappa shape index (κ3) is 3.79. The van der Waals surface area contributed by atoms with Gasteiger partial charge in [-0.15, -0.1) is 0 Å². The molecule has 0 amide bonds. The minimum absolute atomic E-state index is 0.0487. The predicted octanol–water partition coefficient (Wildman–Crippen LogP) is 4.51. The zero-order chi connectivity index (χ0) is 38.6. The molecule has 292 valence electrons. The first-order valence-corrected chi connectivity index (χ1v) is 20.7. The van der Waals surface area contributed by atoms with E-state index in [1.165, 1.54) is 25.3 Å². The topological polar surface area (TPSA) is 149 Å². The Kier molecular flexibility index (Phi) is 6.91. The SMILES string of the molecule is COC(=O)C1=C2Nc3ccccc3[C@@]23CCN2[C@H](C#N)[C@H](C[C@H]4[C@@H](C#N)N5CC[C@]67C(=C(C(=O)OC)C[C@@]8(CCO[C@@H]48)[C@H]56)Nc4ccccc47)[C@@H]4OCC[C@]4(C1)[C@H]23. The molecule has 57 heavy (non-hydrogen) atoms. The van der Waals surface area contributed by atoms with E-state index in [4.69, 9.17) is 18.9 Å². The van der Waals surface area contributed by atoms with Gasteiger partial charge < -0.3 is 29.6 Å². The van der Waals surface area contributed by atoms with Crippen molar-refractivity contribution >= 4 is 23.3 Å². The maximum Gasteiger partial charge on any atom is 0.335 e. The average Bonchev–Trinajstić information content (AvgIpc) is 4.10. The van der Waals surface area contributed by atoms with E-state index >= 15 is 0 Å². The first-order chi connectivity index (χ1) is 27.8. The van der Waals surface area contributed by atoms with E-state index in [-0.39, 0.29) is 48.1 Å². The number of benzene rings is 2. The van der Waals surface area contributed by atoms with Gasteiger partial charge in [0.15, 0.2) is 0 Å². The van der Waals surface area contributed by atoms with Crippen LogP contribution in [0.4, 0.5) is 11.4 Å². The molecule has 0 radical (unpaired) electrons. The highest BCUT2D eigenvalue weighted by Gasteiger charge is 2.76. The first kappa shape index (κ1) is 34.3. The Bertz CT molecular complexity index is 2170. The number of nitrogens with one attached hydrogen (secondary N) is 2. The fourth-order valence-electron chi connectivity index (χ4n) is 15.5. The summed E-state index contributed by atoms with van der Waals surface area (Å²) >= 11 is 0. The second-order valence-corrected chi connectivity index (χ2v) is 18.4. The van der Waals surface area contributed by atoms with Crippen molar-refractivity contribution in [2.45, 2.75) is 92.2 Å². The lowest BCUT2D eigenvalue weighted by molar-refractivity contribution is -0.155. The third-order valence-electron chi connectivity index (χ3n) is 16.9. The highest BCUT2D eigenvalue weighted by atomic mass is 16.5. The largest absolute Gasteiger partial charge is 0.466 e. The smallest absolute Gasteiger partial charge is 0.335 e. The molecule has 0 aromatic heterocycles. The molecule has 4 spiro atoms. The Balaban J connectivity index is 0.992. The van der Waals surface area contributed by atoms with Gasteiger partial charge in [0.2, 0.25) is 0 Å². The minimum atomic E-state index is -0.498. The Labute approximate surface area is 331 Å². The number of methoxy groups -OCH3 is 2. The molecule has 6 fully saturated rings. The number of hydrogen-bond acceptors (Lipinski definition) is 12. The van der Waals surface area contributed by atoms with Crippen molar-refractivity contribution in [3.63, 3.8) is 0 Å². The number of rotatable bonds is 4. The maximum absolute atomic E-state index is 13.8. The number of fused-ring (bicyclic) bond motifs is 2. The molecule has 2 N–H and O–H groups in total. The average molecular weight is 767 g/mol. The lowest BCUT2D eigenvalue weighted by Crippen LogP contribution is -2.71. The Hall–Kier alpha value is -4.72. The van der Waals surface area contributed by atoms with Gasteiger partial charge in [0.05, 0.1) is 60.5 Å². The van der Waals surface area contributed by atoms with Crippen LogP contribution in [0, 0.1) is 45.3 Å². The predicted molar refractivity (Wildman–Crippen MR) is 205 cm³/mol. The van der Waals surface area contributed by atoms with Crippen molar-refractivity contribution in [2.75, 3.05) is 51.2 Å². The Morgan fingerprint density at radius 1 is 0.719 bits per heavy atom. The summed E-state index contributed by atoms with van der Waals surface area (Å²) in [5.41, 5.74) is 5.68. The molecule has 12 heteroatoms. The van der Waals surface area contributed by atoms with Gasteiger partial charge in [0.25, 0.3) is 0 Å².